The van der Waals surface area contributed by atoms with Crippen molar-refractivity contribution in [2.45, 2.75) is 31.3 Å². The molecule has 3 aliphatic heterocycles. The summed E-state index contributed by atoms with van der Waals surface area (Å²) in [4.78, 5) is 41.0. The molecule has 0 bridgehead atoms. The van der Waals surface area contributed by atoms with E-state index in [9.17, 15) is 14.4 Å². The maximum atomic E-state index is 14.3. The van der Waals surface area contributed by atoms with E-state index in [2.05, 4.69) is 5.32 Å². The molecule has 3 atom stereocenters. The maximum absolute atomic E-state index is 14.3. The zero-order chi connectivity index (χ0) is 25.4. The van der Waals surface area contributed by atoms with Crippen LogP contribution in [0.2, 0.25) is 5.02 Å². The first kappa shape index (κ1) is 22.7. The third kappa shape index (κ3) is 2.92. The number of ether oxygens (including phenoxy) is 5. The molecule has 9 nitrogen and oxygen atoms in total. The summed E-state index contributed by atoms with van der Waals surface area (Å²) in [7, 11) is 2.85. The number of amides is 1. The molecule has 6 rings (SSSR count). The molecular formula is C26H22ClNO8. The lowest BCUT2D eigenvalue weighted by atomic mass is 9.66. The summed E-state index contributed by atoms with van der Waals surface area (Å²) >= 11 is 6.52. The molecule has 1 N–H and O–H groups in total. The van der Waals surface area contributed by atoms with E-state index in [1.165, 1.54) is 20.3 Å². The van der Waals surface area contributed by atoms with Crippen molar-refractivity contribution >= 4 is 29.1 Å². The van der Waals surface area contributed by atoms with Crippen LogP contribution in [0.1, 0.15) is 41.6 Å². The van der Waals surface area contributed by atoms with Crippen LogP contribution in [-0.4, -0.2) is 44.1 Å². The van der Waals surface area contributed by atoms with Crippen LogP contribution in [0.5, 0.6) is 28.7 Å². The highest BCUT2D eigenvalue weighted by molar-refractivity contribution is 6.36. The van der Waals surface area contributed by atoms with Gasteiger partial charge in [0.1, 0.15) is 22.1 Å². The van der Waals surface area contributed by atoms with Crippen LogP contribution in [-0.2, 0) is 9.59 Å². The fourth-order valence-corrected chi connectivity index (χ4v) is 5.87. The minimum Gasteiger partial charge on any atom is -0.496 e. The maximum Gasteiger partial charge on any atom is 0.236 e. The Morgan fingerprint density at radius 2 is 1.75 bits per heavy atom. The number of halogens is 1. The number of ketones is 2. The van der Waals surface area contributed by atoms with E-state index < -0.39 is 29.0 Å². The quantitative estimate of drug-likeness (QED) is 0.623. The lowest BCUT2D eigenvalue weighted by Crippen LogP contribution is -2.59. The number of benzene rings is 2. The van der Waals surface area contributed by atoms with Gasteiger partial charge in [-0.1, -0.05) is 24.6 Å². The molecule has 1 aliphatic carbocycles. The molecule has 0 saturated carbocycles. The summed E-state index contributed by atoms with van der Waals surface area (Å²) in [5.74, 6) is -0.761. The minimum atomic E-state index is -1.85. The summed E-state index contributed by atoms with van der Waals surface area (Å²) in [6.07, 6.45) is 0.290. The molecule has 186 valence electrons. The van der Waals surface area contributed by atoms with Crippen LogP contribution < -0.4 is 29.0 Å². The van der Waals surface area contributed by atoms with Crippen LogP contribution in [0, 0.1) is 5.92 Å². The molecule has 1 unspecified atom stereocenters. The van der Waals surface area contributed by atoms with E-state index in [0.717, 1.165) is 0 Å². The molecule has 36 heavy (non-hydrogen) atoms. The number of nitrogens with one attached hydrogen (secondary N) is 1. The van der Waals surface area contributed by atoms with Gasteiger partial charge in [0.15, 0.2) is 17.2 Å². The number of carbonyl (C=O) groups is 3. The van der Waals surface area contributed by atoms with Gasteiger partial charge in [0, 0.05) is 35.6 Å². The summed E-state index contributed by atoms with van der Waals surface area (Å²) in [6.45, 7) is 1.85. The van der Waals surface area contributed by atoms with Crippen molar-refractivity contribution in [1.29, 1.82) is 0 Å². The summed E-state index contributed by atoms with van der Waals surface area (Å²) < 4.78 is 27.9. The fourth-order valence-electron chi connectivity index (χ4n) is 5.60. The smallest absolute Gasteiger partial charge is 0.236 e. The van der Waals surface area contributed by atoms with E-state index in [1.807, 2.05) is 0 Å². The Labute approximate surface area is 211 Å². The van der Waals surface area contributed by atoms with Gasteiger partial charge in [0.05, 0.1) is 14.2 Å². The molecule has 3 heterocycles. The van der Waals surface area contributed by atoms with E-state index in [-0.39, 0.29) is 53.4 Å². The van der Waals surface area contributed by atoms with Gasteiger partial charge in [-0.15, -0.1) is 0 Å². The Hall–Kier alpha value is -3.72. The van der Waals surface area contributed by atoms with Crippen molar-refractivity contribution in [3.63, 3.8) is 0 Å². The molecule has 10 heteroatoms. The molecule has 1 amide bonds. The van der Waals surface area contributed by atoms with Crippen molar-refractivity contribution in [2.75, 3.05) is 21.0 Å². The summed E-state index contributed by atoms with van der Waals surface area (Å²) in [5, 5.41) is 2.94. The zero-order valence-electron chi connectivity index (χ0n) is 19.7. The Bertz CT molecular complexity index is 1400. The first-order chi connectivity index (χ1) is 17.3. The summed E-state index contributed by atoms with van der Waals surface area (Å²) in [5.41, 5.74) is -0.192. The van der Waals surface area contributed by atoms with Crippen LogP contribution >= 0.6 is 11.6 Å². The van der Waals surface area contributed by atoms with Crippen LogP contribution in [0.25, 0.3) is 0 Å². The Morgan fingerprint density at radius 1 is 1.00 bits per heavy atom. The number of allylic oxidation sites excluding steroid dienone is 1. The molecular weight excluding hydrogens is 490 g/mol. The molecule has 2 aromatic carbocycles. The second-order valence-electron chi connectivity index (χ2n) is 9.21. The molecule has 0 radical (unpaired) electrons. The first-order valence-electron chi connectivity index (χ1n) is 11.5. The molecule has 0 fully saturated rings. The average molecular weight is 512 g/mol. The number of methoxy groups -OCH3 is 2. The van der Waals surface area contributed by atoms with Gasteiger partial charge < -0.3 is 29.0 Å². The second kappa shape index (κ2) is 7.89. The van der Waals surface area contributed by atoms with E-state index in [1.54, 1.807) is 25.1 Å². The second-order valence-corrected chi connectivity index (χ2v) is 9.59. The highest BCUT2D eigenvalue weighted by Gasteiger charge is 2.63. The van der Waals surface area contributed by atoms with Crippen molar-refractivity contribution in [3.8, 4) is 28.7 Å². The van der Waals surface area contributed by atoms with Crippen molar-refractivity contribution in [2.24, 2.45) is 5.92 Å². The lowest BCUT2D eigenvalue weighted by Gasteiger charge is -2.41. The van der Waals surface area contributed by atoms with Gasteiger partial charge in [-0.2, -0.15) is 0 Å². The Balaban J connectivity index is 1.49. The van der Waals surface area contributed by atoms with E-state index in [4.69, 9.17) is 35.3 Å². The van der Waals surface area contributed by atoms with Gasteiger partial charge in [-0.05, 0) is 24.1 Å². The minimum absolute atomic E-state index is 0.0354. The van der Waals surface area contributed by atoms with Crippen LogP contribution in [0.4, 0.5) is 0 Å². The largest absolute Gasteiger partial charge is 0.496 e. The topological polar surface area (TPSA) is 109 Å². The molecule has 4 aliphatic rings. The van der Waals surface area contributed by atoms with E-state index >= 15 is 0 Å². The number of hydrogen-bond acceptors (Lipinski definition) is 8. The monoisotopic (exact) mass is 511 g/mol. The van der Waals surface area contributed by atoms with E-state index in [0.29, 0.717) is 28.3 Å². The van der Waals surface area contributed by atoms with Gasteiger partial charge in [-0.3, -0.25) is 14.4 Å². The number of Topliss-reactive ketones (excluding diaryl/α,β-unsaturated/α-hetero) is 2. The van der Waals surface area contributed by atoms with Crippen molar-refractivity contribution < 1.29 is 38.1 Å². The standard InChI is InChI=1S/C26H22ClNO8/c1-11-6-14-20(13(8-19(29)28-14)12-4-5-15-16(7-12)35-10-34-15)24(30)26(11)25(31)21-17(32-2)9-18(33-3)22(27)23(21)36-26/h4-5,7,9,11,13H,6,8,10H2,1-3H3,(H,28,29)/t11-,13?,26+/m1/s1. The SMILES string of the molecule is COc1cc(OC)c2c(c1Cl)O[C@@]1(C(=O)C3=C(C[C@H]1C)NC(=O)CC3c1ccc3c(c1)OCO3)C2=O. The van der Waals surface area contributed by atoms with Gasteiger partial charge in [0.25, 0.3) is 0 Å². The van der Waals surface area contributed by atoms with Gasteiger partial charge in [-0.25, -0.2) is 0 Å². The first-order valence-corrected chi connectivity index (χ1v) is 11.8. The Kier molecular flexibility index (Phi) is 4.98. The van der Waals surface area contributed by atoms with Crippen LogP contribution in [0.15, 0.2) is 35.5 Å². The fraction of sp³-hybridized carbons (Fsp3) is 0.346. The third-order valence-electron chi connectivity index (χ3n) is 7.36. The summed E-state index contributed by atoms with van der Waals surface area (Å²) in [6, 6.07) is 6.82. The number of rotatable bonds is 3. The predicted octanol–water partition coefficient (Wildman–Crippen LogP) is 3.57. The van der Waals surface area contributed by atoms with Gasteiger partial charge in [0.2, 0.25) is 29.9 Å². The third-order valence-corrected chi connectivity index (χ3v) is 7.72. The molecule has 0 aromatic heterocycles. The van der Waals surface area contributed by atoms with Gasteiger partial charge >= 0.3 is 0 Å². The Morgan fingerprint density at radius 3 is 2.50 bits per heavy atom. The average Bonchev–Trinajstić information content (AvgIpc) is 3.46. The lowest BCUT2D eigenvalue weighted by molar-refractivity contribution is -0.131. The number of hydrogen-bond donors (Lipinski definition) is 1. The molecule has 2 aromatic rings. The van der Waals surface area contributed by atoms with Crippen molar-refractivity contribution in [3.05, 3.63) is 51.7 Å². The highest BCUT2D eigenvalue weighted by Crippen LogP contribution is 2.55. The van der Waals surface area contributed by atoms with Crippen LogP contribution in [0.3, 0.4) is 0 Å². The number of fused-ring (bicyclic) bond motifs is 2. The number of carbonyl (C=O) groups excluding carboxylic acids is 3. The highest BCUT2D eigenvalue weighted by atomic mass is 35.5. The predicted molar refractivity (Wildman–Crippen MR) is 126 cm³/mol. The van der Waals surface area contributed by atoms with Crippen molar-refractivity contribution in [1.82, 2.24) is 5.32 Å². The molecule has 1 spiro atoms. The normalized spacial score (nSPS) is 25.9. The molecule has 0 saturated heterocycles. The zero-order valence-corrected chi connectivity index (χ0v) is 20.5.